The molecule has 1 saturated heterocycles. The third-order valence-corrected chi connectivity index (χ3v) is 6.70. The topological polar surface area (TPSA) is 15.3 Å². The first-order valence-electron chi connectivity index (χ1n) is 8.27. The van der Waals surface area contributed by atoms with Crippen molar-refractivity contribution in [3.05, 3.63) is 35.9 Å². The summed E-state index contributed by atoms with van der Waals surface area (Å²) in [5.41, 5.74) is 1.45. The fraction of sp³-hybridized carbons (Fsp3) is 0.667. The van der Waals surface area contributed by atoms with Gasteiger partial charge in [0.25, 0.3) is 0 Å². The number of benzene rings is 1. The lowest BCUT2D eigenvalue weighted by molar-refractivity contribution is 0.110. The van der Waals surface area contributed by atoms with Gasteiger partial charge in [0.1, 0.15) is 0 Å². The van der Waals surface area contributed by atoms with Gasteiger partial charge >= 0.3 is 0 Å². The van der Waals surface area contributed by atoms with E-state index in [1.54, 1.807) is 0 Å². The Kier molecular flexibility index (Phi) is 4.92. The van der Waals surface area contributed by atoms with Crippen LogP contribution >= 0.6 is 11.8 Å². The molecule has 0 amide bonds. The van der Waals surface area contributed by atoms with E-state index in [1.807, 2.05) is 0 Å². The zero-order valence-corrected chi connectivity index (χ0v) is 14.2. The number of nitrogens with zero attached hydrogens (tertiary/aromatic N) is 1. The quantitative estimate of drug-likeness (QED) is 0.899. The highest BCUT2D eigenvalue weighted by Gasteiger charge is 2.39. The average molecular weight is 305 g/mol. The Morgan fingerprint density at radius 3 is 2.67 bits per heavy atom. The number of rotatable bonds is 5. The monoisotopic (exact) mass is 304 g/mol. The molecule has 2 nitrogen and oxygen atoms in total. The molecule has 2 fully saturated rings. The summed E-state index contributed by atoms with van der Waals surface area (Å²) in [5.74, 6) is 0. The molecule has 0 spiro atoms. The number of nitrogens with one attached hydrogen (secondary N) is 1. The summed E-state index contributed by atoms with van der Waals surface area (Å²) in [6, 6.07) is 12.2. The lowest BCUT2D eigenvalue weighted by atomic mass is 9.83. The average Bonchev–Trinajstić information content (AvgIpc) is 2.47. The maximum atomic E-state index is 3.74. The van der Waals surface area contributed by atoms with Crippen LogP contribution in [0.4, 0.5) is 0 Å². The van der Waals surface area contributed by atoms with Crippen LogP contribution in [0.25, 0.3) is 0 Å². The highest BCUT2D eigenvalue weighted by atomic mass is 32.2. The molecule has 3 heteroatoms. The third-order valence-electron chi connectivity index (χ3n) is 5.29. The zero-order chi connectivity index (χ0) is 14.7. The Balaban J connectivity index is 1.59. The standard InChI is InChI=1S/C18H28N2S/c1-15-12-19-17(11-16-7-4-3-5-8-16)13-20(15)14-18(21-2)9-6-10-18/h3-5,7-8,15,17,19H,6,9-14H2,1-2H3. The van der Waals surface area contributed by atoms with Gasteiger partial charge < -0.3 is 5.32 Å². The predicted molar refractivity (Wildman–Crippen MR) is 93.1 cm³/mol. The van der Waals surface area contributed by atoms with Crippen LogP contribution in [0.3, 0.4) is 0 Å². The van der Waals surface area contributed by atoms with Crippen LogP contribution in [0.15, 0.2) is 30.3 Å². The molecule has 21 heavy (non-hydrogen) atoms. The molecule has 1 aliphatic heterocycles. The molecule has 1 N–H and O–H groups in total. The number of piperazine rings is 1. The van der Waals surface area contributed by atoms with Crippen molar-refractivity contribution in [3.63, 3.8) is 0 Å². The molecule has 2 unspecified atom stereocenters. The van der Waals surface area contributed by atoms with E-state index < -0.39 is 0 Å². The van der Waals surface area contributed by atoms with Gasteiger partial charge in [0.05, 0.1) is 0 Å². The van der Waals surface area contributed by atoms with Gasteiger partial charge in [-0.15, -0.1) is 0 Å². The first kappa shape index (κ1) is 15.4. The lowest BCUT2D eigenvalue weighted by Gasteiger charge is -2.48. The van der Waals surface area contributed by atoms with E-state index in [0.29, 0.717) is 16.8 Å². The van der Waals surface area contributed by atoms with Crippen LogP contribution in [-0.2, 0) is 6.42 Å². The number of thioether (sulfide) groups is 1. The van der Waals surface area contributed by atoms with Gasteiger partial charge in [0, 0.05) is 36.5 Å². The van der Waals surface area contributed by atoms with E-state index in [2.05, 4.69) is 65.5 Å². The van der Waals surface area contributed by atoms with Gasteiger partial charge in [-0.05, 0) is 38.0 Å². The van der Waals surface area contributed by atoms with Crippen LogP contribution in [0.5, 0.6) is 0 Å². The Morgan fingerprint density at radius 2 is 2.05 bits per heavy atom. The van der Waals surface area contributed by atoms with E-state index in [4.69, 9.17) is 0 Å². The maximum absolute atomic E-state index is 3.74. The first-order chi connectivity index (χ1) is 10.2. The van der Waals surface area contributed by atoms with E-state index in [-0.39, 0.29) is 0 Å². The fourth-order valence-corrected chi connectivity index (χ4v) is 4.61. The SMILES string of the molecule is CSC1(CN2CC(Cc3ccccc3)NCC2C)CCC1. The molecule has 116 valence electrons. The largest absolute Gasteiger partial charge is 0.311 e. The molecule has 2 aliphatic rings. The second kappa shape index (κ2) is 6.72. The van der Waals surface area contributed by atoms with E-state index >= 15 is 0 Å². The molecule has 0 bridgehead atoms. The number of hydrogen-bond donors (Lipinski definition) is 1. The Labute approximate surface area is 133 Å². The minimum absolute atomic E-state index is 0.558. The molecular formula is C18H28N2S. The van der Waals surface area contributed by atoms with Crippen LogP contribution in [-0.4, -0.2) is 47.6 Å². The molecule has 3 rings (SSSR count). The molecule has 0 aromatic heterocycles. The Bertz CT molecular complexity index is 438. The summed E-state index contributed by atoms with van der Waals surface area (Å²) in [6.07, 6.45) is 7.70. The van der Waals surface area contributed by atoms with Gasteiger partial charge in [-0.1, -0.05) is 36.8 Å². The highest BCUT2D eigenvalue weighted by Crippen LogP contribution is 2.43. The van der Waals surface area contributed by atoms with E-state index in [1.165, 1.54) is 37.9 Å². The lowest BCUT2D eigenvalue weighted by Crippen LogP contribution is -2.59. The molecule has 0 radical (unpaired) electrons. The molecule has 1 aromatic carbocycles. The molecule has 2 atom stereocenters. The minimum atomic E-state index is 0.558. The first-order valence-corrected chi connectivity index (χ1v) is 9.50. The van der Waals surface area contributed by atoms with Crippen LogP contribution in [0, 0.1) is 0 Å². The van der Waals surface area contributed by atoms with Crippen LogP contribution in [0.1, 0.15) is 31.7 Å². The summed E-state index contributed by atoms with van der Waals surface area (Å²) < 4.78 is 0.558. The van der Waals surface area contributed by atoms with Gasteiger partial charge in [-0.2, -0.15) is 11.8 Å². The van der Waals surface area contributed by atoms with E-state index in [0.717, 1.165) is 13.0 Å². The third kappa shape index (κ3) is 3.64. The zero-order valence-electron chi connectivity index (χ0n) is 13.3. The van der Waals surface area contributed by atoms with Gasteiger partial charge in [-0.3, -0.25) is 4.90 Å². The van der Waals surface area contributed by atoms with Crippen LogP contribution < -0.4 is 5.32 Å². The van der Waals surface area contributed by atoms with Crippen molar-refractivity contribution >= 4 is 11.8 Å². The Hall–Kier alpha value is -0.510. The van der Waals surface area contributed by atoms with Crippen molar-refractivity contribution < 1.29 is 0 Å². The minimum Gasteiger partial charge on any atom is -0.311 e. The normalized spacial score (nSPS) is 29.0. The molecule has 1 heterocycles. The van der Waals surface area contributed by atoms with Crippen molar-refractivity contribution in [1.82, 2.24) is 10.2 Å². The van der Waals surface area contributed by atoms with Crippen LogP contribution in [0.2, 0.25) is 0 Å². The summed E-state index contributed by atoms with van der Waals surface area (Å²) in [6.45, 7) is 5.97. The second-order valence-electron chi connectivity index (χ2n) is 6.81. The number of hydrogen-bond acceptors (Lipinski definition) is 3. The summed E-state index contributed by atoms with van der Waals surface area (Å²) in [5, 5.41) is 3.74. The molecule has 1 aromatic rings. The predicted octanol–water partition coefficient (Wildman–Crippen LogP) is 3.18. The molecule has 1 saturated carbocycles. The van der Waals surface area contributed by atoms with Crippen molar-refractivity contribution in [2.24, 2.45) is 0 Å². The fourth-order valence-electron chi connectivity index (χ4n) is 3.62. The van der Waals surface area contributed by atoms with Crippen molar-refractivity contribution in [2.45, 2.75) is 49.4 Å². The van der Waals surface area contributed by atoms with Gasteiger partial charge in [0.15, 0.2) is 0 Å². The highest BCUT2D eigenvalue weighted by molar-refractivity contribution is 8.00. The second-order valence-corrected chi connectivity index (χ2v) is 8.09. The molecule has 1 aliphatic carbocycles. The van der Waals surface area contributed by atoms with Gasteiger partial charge in [0.2, 0.25) is 0 Å². The van der Waals surface area contributed by atoms with Crippen molar-refractivity contribution in [3.8, 4) is 0 Å². The van der Waals surface area contributed by atoms with Crippen molar-refractivity contribution in [1.29, 1.82) is 0 Å². The summed E-state index contributed by atoms with van der Waals surface area (Å²) >= 11 is 2.10. The molecular weight excluding hydrogens is 276 g/mol. The summed E-state index contributed by atoms with van der Waals surface area (Å²) in [7, 11) is 0. The maximum Gasteiger partial charge on any atom is 0.0284 e. The van der Waals surface area contributed by atoms with Crippen molar-refractivity contribution in [2.75, 3.05) is 25.9 Å². The Morgan fingerprint density at radius 1 is 1.29 bits per heavy atom. The smallest absolute Gasteiger partial charge is 0.0284 e. The van der Waals surface area contributed by atoms with E-state index in [9.17, 15) is 0 Å². The summed E-state index contributed by atoms with van der Waals surface area (Å²) in [4.78, 5) is 2.74. The van der Waals surface area contributed by atoms with Gasteiger partial charge in [-0.25, -0.2) is 0 Å².